The highest BCUT2D eigenvalue weighted by atomic mass is 35.5. The minimum atomic E-state index is -0.128. The van der Waals surface area contributed by atoms with Crippen molar-refractivity contribution in [2.75, 3.05) is 24.8 Å². The van der Waals surface area contributed by atoms with Gasteiger partial charge in [-0.1, -0.05) is 23.4 Å². The standard InChI is InChI=1S/C18H20ClN3O3S/c1-10-12(11(2)21-18(20-10)26-3)4-5-17(23)22-14-9-16-15(8-13(14)19)24-6-7-25-16/h8-9H,4-7H2,1-3H3,(H,22,23). The van der Waals surface area contributed by atoms with E-state index in [0.29, 0.717) is 48.3 Å². The normalized spacial score (nSPS) is 12.8. The van der Waals surface area contributed by atoms with Gasteiger partial charge in [-0.3, -0.25) is 4.79 Å². The Morgan fingerprint density at radius 2 is 1.81 bits per heavy atom. The maximum atomic E-state index is 12.4. The average Bonchev–Trinajstić information content (AvgIpc) is 2.61. The zero-order valence-corrected chi connectivity index (χ0v) is 16.5. The first-order valence-corrected chi connectivity index (χ1v) is 9.85. The van der Waals surface area contributed by atoms with Crippen LogP contribution in [-0.2, 0) is 11.2 Å². The van der Waals surface area contributed by atoms with Crippen molar-refractivity contribution in [3.63, 3.8) is 0 Å². The maximum absolute atomic E-state index is 12.4. The molecule has 0 saturated carbocycles. The van der Waals surface area contributed by atoms with Crippen LogP contribution in [0.5, 0.6) is 11.5 Å². The third kappa shape index (κ3) is 4.22. The van der Waals surface area contributed by atoms with Gasteiger partial charge < -0.3 is 14.8 Å². The van der Waals surface area contributed by atoms with E-state index in [-0.39, 0.29) is 5.91 Å². The summed E-state index contributed by atoms with van der Waals surface area (Å²) in [5.74, 6) is 1.05. The monoisotopic (exact) mass is 393 g/mol. The number of aromatic nitrogens is 2. The van der Waals surface area contributed by atoms with Crippen LogP contribution in [-0.4, -0.2) is 35.3 Å². The van der Waals surface area contributed by atoms with Crippen LogP contribution in [0.25, 0.3) is 0 Å². The molecule has 1 aliphatic rings. The number of amides is 1. The van der Waals surface area contributed by atoms with Crippen molar-refractivity contribution in [2.24, 2.45) is 0 Å². The maximum Gasteiger partial charge on any atom is 0.224 e. The van der Waals surface area contributed by atoms with Gasteiger partial charge in [-0.05, 0) is 32.1 Å². The molecule has 0 aliphatic carbocycles. The number of carbonyl (C=O) groups is 1. The van der Waals surface area contributed by atoms with Crippen molar-refractivity contribution < 1.29 is 14.3 Å². The fourth-order valence-corrected chi connectivity index (χ4v) is 3.43. The number of fused-ring (bicyclic) bond motifs is 1. The van der Waals surface area contributed by atoms with Crippen LogP contribution < -0.4 is 14.8 Å². The molecule has 1 aromatic heterocycles. The fourth-order valence-electron chi connectivity index (χ4n) is 2.77. The van der Waals surface area contributed by atoms with E-state index in [1.54, 1.807) is 12.1 Å². The van der Waals surface area contributed by atoms with E-state index in [4.69, 9.17) is 21.1 Å². The Balaban J connectivity index is 1.67. The first kappa shape index (κ1) is 18.8. The molecule has 2 heterocycles. The first-order chi connectivity index (χ1) is 12.5. The fraction of sp³-hybridized carbons (Fsp3) is 0.389. The molecule has 6 nitrogen and oxygen atoms in total. The molecule has 0 spiro atoms. The first-order valence-electron chi connectivity index (χ1n) is 8.25. The number of aryl methyl sites for hydroxylation is 2. The molecule has 0 bridgehead atoms. The van der Waals surface area contributed by atoms with Gasteiger partial charge in [0.05, 0.1) is 10.7 Å². The number of rotatable bonds is 5. The number of hydrogen-bond acceptors (Lipinski definition) is 6. The Kier molecular flexibility index (Phi) is 5.88. The van der Waals surface area contributed by atoms with Crippen LogP contribution in [0.15, 0.2) is 17.3 Å². The van der Waals surface area contributed by atoms with Crippen molar-refractivity contribution in [3.05, 3.63) is 34.1 Å². The minimum Gasteiger partial charge on any atom is -0.486 e. The second-order valence-corrected chi connectivity index (χ2v) is 7.06. The second-order valence-electron chi connectivity index (χ2n) is 5.88. The SMILES string of the molecule is CSc1nc(C)c(CCC(=O)Nc2cc3c(cc2Cl)OCCO3)c(C)n1. The molecular formula is C18H20ClN3O3S. The van der Waals surface area contributed by atoms with Gasteiger partial charge in [0.1, 0.15) is 13.2 Å². The Labute approximate surface area is 161 Å². The molecule has 1 N–H and O–H groups in total. The highest BCUT2D eigenvalue weighted by Crippen LogP contribution is 2.38. The van der Waals surface area contributed by atoms with Crippen molar-refractivity contribution in [1.82, 2.24) is 9.97 Å². The van der Waals surface area contributed by atoms with Gasteiger partial charge in [0, 0.05) is 29.9 Å². The molecule has 138 valence electrons. The quantitative estimate of drug-likeness (QED) is 0.615. The van der Waals surface area contributed by atoms with Crippen molar-refractivity contribution in [2.45, 2.75) is 31.8 Å². The predicted octanol–water partition coefficient (Wildman–Crippen LogP) is 3.81. The Bertz CT molecular complexity index is 822. The molecule has 0 fully saturated rings. The third-order valence-electron chi connectivity index (χ3n) is 4.09. The van der Waals surface area contributed by atoms with Gasteiger partial charge in [0.25, 0.3) is 0 Å². The molecule has 0 radical (unpaired) electrons. The van der Waals surface area contributed by atoms with Crippen molar-refractivity contribution in [3.8, 4) is 11.5 Å². The zero-order valence-electron chi connectivity index (χ0n) is 14.9. The molecular weight excluding hydrogens is 374 g/mol. The third-order valence-corrected chi connectivity index (χ3v) is 4.95. The number of thioether (sulfide) groups is 1. The molecule has 3 rings (SSSR count). The van der Waals surface area contributed by atoms with Crippen LogP contribution in [0.4, 0.5) is 5.69 Å². The molecule has 2 aromatic rings. The molecule has 1 aliphatic heterocycles. The Morgan fingerprint density at radius 3 is 2.42 bits per heavy atom. The summed E-state index contributed by atoms with van der Waals surface area (Å²) in [6.07, 6.45) is 2.83. The van der Waals surface area contributed by atoms with Gasteiger partial charge in [-0.2, -0.15) is 0 Å². The van der Waals surface area contributed by atoms with Crippen LogP contribution in [0.2, 0.25) is 5.02 Å². The number of ether oxygens (including phenoxy) is 2. The number of nitrogens with one attached hydrogen (secondary N) is 1. The van der Waals surface area contributed by atoms with Gasteiger partial charge in [-0.25, -0.2) is 9.97 Å². The van der Waals surface area contributed by atoms with Crippen LogP contribution in [0, 0.1) is 13.8 Å². The largest absolute Gasteiger partial charge is 0.486 e. The smallest absolute Gasteiger partial charge is 0.224 e. The lowest BCUT2D eigenvalue weighted by Crippen LogP contribution is -2.17. The number of hydrogen-bond donors (Lipinski definition) is 1. The number of carbonyl (C=O) groups excluding carboxylic acids is 1. The lowest BCUT2D eigenvalue weighted by molar-refractivity contribution is -0.116. The van der Waals surface area contributed by atoms with E-state index in [2.05, 4.69) is 15.3 Å². The van der Waals surface area contributed by atoms with Crippen LogP contribution in [0.3, 0.4) is 0 Å². The molecule has 0 atom stereocenters. The number of nitrogens with zero attached hydrogens (tertiary/aromatic N) is 2. The van der Waals surface area contributed by atoms with Gasteiger partial charge >= 0.3 is 0 Å². The molecule has 1 aromatic carbocycles. The van der Waals surface area contributed by atoms with E-state index in [9.17, 15) is 4.79 Å². The van der Waals surface area contributed by atoms with E-state index in [1.807, 2.05) is 20.1 Å². The van der Waals surface area contributed by atoms with Crippen molar-refractivity contribution >= 4 is 35.0 Å². The molecule has 0 unspecified atom stereocenters. The second kappa shape index (κ2) is 8.14. The number of halogens is 1. The summed E-state index contributed by atoms with van der Waals surface area (Å²) in [4.78, 5) is 21.3. The summed E-state index contributed by atoms with van der Waals surface area (Å²) in [6.45, 7) is 4.86. The summed E-state index contributed by atoms with van der Waals surface area (Å²) in [5, 5.41) is 4.01. The van der Waals surface area contributed by atoms with Crippen LogP contribution >= 0.6 is 23.4 Å². The summed E-state index contributed by atoms with van der Waals surface area (Å²) in [5.41, 5.74) is 3.34. The summed E-state index contributed by atoms with van der Waals surface area (Å²) in [6, 6.07) is 3.36. The van der Waals surface area contributed by atoms with E-state index in [0.717, 1.165) is 22.1 Å². The average molecular weight is 394 g/mol. The summed E-state index contributed by atoms with van der Waals surface area (Å²) >= 11 is 7.74. The van der Waals surface area contributed by atoms with E-state index < -0.39 is 0 Å². The van der Waals surface area contributed by atoms with E-state index >= 15 is 0 Å². The highest BCUT2D eigenvalue weighted by molar-refractivity contribution is 7.98. The lowest BCUT2D eigenvalue weighted by atomic mass is 10.1. The summed E-state index contributed by atoms with van der Waals surface area (Å²) < 4.78 is 11.0. The Morgan fingerprint density at radius 1 is 1.19 bits per heavy atom. The van der Waals surface area contributed by atoms with Gasteiger partial charge in [0.15, 0.2) is 16.7 Å². The molecule has 0 saturated heterocycles. The van der Waals surface area contributed by atoms with Gasteiger partial charge in [0.2, 0.25) is 5.91 Å². The van der Waals surface area contributed by atoms with Crippen molar-refractivity contribution in [1.29, 1.82) is 0 Å². The summed E-state index contributed by atoms with van der Waals surface area (Å²) in [7, 11) is 0. The molecule has 8 heteroatoms. The molecule has 26 heavy (non-hydrogen) atoms. The zero-order chi connectivity index (χ0) is 18.7. The highest BCUT2D eigenvalue weighted by Gasteiger charge is 2.17. The number of anilines is 1. The topological polar surface area (TPSA) is 73.3 Å². The molecule has 1 amide bonds. The van der Waals surface area contributed by atoms with Gasteiger partial charge in [-0.15, -0.1) is 0 Å². The minimum absolute atomic E-state index is 0.128. The lowest BCUT2D eigenvalue weighted by Gasteiger charge is -2.20. The van der Waals surface area contributed by atoms with Crippen LogP contribution in [0.1, 0.15) is 23.4 Å². The predicted molar refractivity (Wildman–Crippen MR) is 103 cm³/mol. The Hall–Kier alpha value is -1.99. The van der Waals surface area contributed by atoms with E-state index in [1.165, 1.54) is 11.8 Å². The number of benzene rings is 1.